The van der Waals surface area contributed by atoms with E-state index in [0.717, 1.165) is 17.2 Å². The van der Waals surface area contributed by atoms with Crippen LogP contribution in [-0.4, -0.2) is 32.3 Å². The van der Waals surface area contributed by atoms with Crippen molar-refractivity contribution in [2.45, 2.75) is 19.1 Å². The van der Waals surface area contributed by atoms with Gasteiger partial charge in [0.2, 0.25) is 5.82 Å². The molecule has 0 bridgehead atoms. The molecule has 0 spiro atoms. The molecule has 1 fully saturated rings. The van der Waals surface area contributed by atoms with Gasteiger partial charge in [-0.15, -0.1) is 0 Å². The topological polar surface area (TPSA) is 122 Å². The highest BCUT2D eigenvalue weighted by Crippen LogP contribution is 2.20. The molecule has 1 aromatic carbocycles. The number of hydrogen-bond donors (Lipinski definition) is 3. The third-order valence-corrected chi connectivity index (χ3v) is 3.25. The zero-order chi connectivity index (χ0) is 17.7. The highest BCUT2D eigenvalue weighted by atomic mass is 19.1. The van der Waals surface area contributed by atoms with E-state index in [1.807, 2.05) is 4.98 Å². The number of carbonyl (C=O) groups is 1. The smallest absolute Gasteiger partial charge is 0.335 e. The van der Waals surface area contributed by atoms with Gasteiger partial charge in [0.1, 0.15) is 12.0 Å². The molecular formula is C15H15FN2O6. The van der Waals surface area contributed by atoms with Gasteiger partial charge in [-0.25, -0.2) is 9.59 Å². The molecular weight excluding hydrogens is 323 g/mol. The predicted octanol–water partition coefficient (Wildman–Crippen LogP) is 1.08. The Bertz CT molecular complexity index is 821. The maximum Gasteiger partial charge on any atom is 0.335 e. The number of halogens is 1. The van der Waals surface area contributed by atoms with Crippen molar-refractivity contribution in [2.75, 3.05) is 6.61 Å². The molecule has 0 radical (unpaired) electrons. The average Bonchev–Trinajstić information content (AvgIpc) is 3.06. The number of ether oxygens (including phenoxy) is 1. The summed E-state index contributed by atoms with van der Waals surface area (Å²) in [5.41, 5.74) is -1.45. The van der Waals surface area contributed by atoms with Gasteiger partial charge in [-0.3, -0.25) is 14.3 Å². The molecule has 1 aliphatic rings. The van der Waals surface area contributed by atoms with E-state index in [9.17, 15) is 18.8 Å². The summed E-state index contributed by atoms with van der Waals surface area (Å²) >= 11 is 0. The summed E-state index contributed by atoms with van der Waals surface area (Å²) < 4.78 is 19.1. The van der Waals surface area contributed by atoms with Gasteiger partial charge in [0, 0.05) is 6.61 Å². The first kappa shape index (κ1) is 17.4. The first-order chi connectivity index (χ1) is 11.4. The SMILES string of the molecule is O=C(O)c1ccc(O)cc1.O=c1[nH]c(=O)n([C@H]2CCCO2)cc1F. The van der Waals surface area contributed by atoms with Crippen LogP contribution in [0.1, 0.15) is 29.4 Å². The number of phenolic OH excluding ortho intramolecular Hbond substituents is 1. The van der Waals surface area contributed by atoms with Crippen LogP contribution in [0, 0.1) is 5.82 Å². The molecule has 0 amide bonds. The van der Waals surface area contributed by atoms with Crippen molar-refractivity contribution in [3.8, 4) is 5.75 Å². The van der Waals surface area contributed by atoms with Gasteiger partial charge in [-0.05, 0) is 37.1 Å². The van der Waals surface area contributed by atoms with E-state index in [4.69, 9.17) is 14.9 Å². The summed E-state index contributed by atoms with van der Waals surface area (Å²) in [5.74, 6) is -1.88. The molecule has 0 unspecified atom stereocenters. The van der Waals surface area contributed by atoms with Crippen molar-refractivity contribution in [2.24, 2.45) is 0 Å². The number of phenols is 1. The number of H-pyrrole nitrogens is 1. The fraction of sp³-hybridized carbons (Fsp3) is 0.267. The van der Waals surface area contributed by atoms with Crippen LogP contribution in [-0.2, 0) is 4.74 Å². The summed E-state index contributed by atoms with van der Waals surface area (Å²) in [5, 5.41) is 17.1. The zero-order valence-corrected chi connectivity index (χ0v) is 12.4. The number of hydrogen-bond acceptors (Lipinski definition) is 5. The third kappa shape index (κ3) is 4.29. The van der Waals surface area contributed by atoms with Crippen molar-refractivity contribution in [1.82, 2.24) is 9.55 Å². The minimum absolute atomic E-state index is 0.0741. The minimum atomic E-state index is -0.996. The Morgan fingerprint density at radius 3 is 2.50 bits per heavy atom. The molecule has 0 aliphatic carbocycles. The fourth-order valence-corrected chi connectivity index (χ4v) is 2.06. The van der Waals surface area contributed by atoms with Crippen LogP contribution in [0.5, 0.6) is 5.75 Å². The second kappa shape index (κ2) is 7.55. The molecule has 1 atom stereocenters. The predicted molar refractivity (Wildman–Crippen MR) is 80.6 cm³/mol. The van der Waals surface area contributed by atoms with Crippen LogP contribution in [0.3, 0.4) is 0 Å². The van der Waals surface area contributed by atoms with Crippen LogP contribution in [0.4, 0.5) is 4.39 Å². The molecule has 9 heteroatoms. The Hall–Kier alpha value is -2.94. The van der Waals surface area contributed by atoms with E-state index in [-0.39, 0.29) is 11.3 Å². The van der Waals surface area contributed by atoms with Crippen LogP contribution in [0.2, 0.25) is 0 Å². The maximum absolute atomic E-state index is 12.9. The van der Waals surface area contributed by atoms with E-state index < -0.39 is 29.3 Å². The lowest BCUT2D eigenvalue weighted by Gasteiger charge is -2.11. The number of aromatic amines is 1. The number of carboxylic acids is 1. The van der Waals surface area contributed by atoms with Gasteiger partial charge in [0.15, 0.2) is 0 Å². The molecule has 1 aliphatic heterocycles. The Balaban J connectivity index is 0.000000185. The van der Waals surface area contributed by atoms with Crippen molar-refractivity contribution < 1.29 is 24.1 Å². The van der Waals surface area contributed by atoms with Crippen molar-refractivity contribution in [1.29, 1.82) is 0 Å². The Morgan fingerprint density at radius 1 is 1.29 bits per heavy atom. The number of aromatic carboxylic acids is 1. The highest BCUT2D eigenvalue weighted by molar-refractivity contribution is 5.87. The van der Waals surface area contributed by atoms with Crippen LogP contribution < -0.4 is 11.2 Å². The van der Waals surface area contributed by atoms with Gasteiger partial charge in [-0.1, -0.05) is 0 Å². The molecule has 1 aromatic heterocycles. The molecule has 1 saturated heterocycles. The van der Waals surface area contributed by atoms with Gasteiger partial charge < -0.3 is 14.9 Å². The summed E-state index contributed by atoms with van der Waals surface area (Å²) in [4.78, 5) is 34.1. The van der Waals surface area contributed by atoms with Crippen LogP contribution in [0.25, 0.3) is 0 Å². The highest BCUT2D eigenvalue weighted by Gasteiger charge is 2.19. The number of rotatable bonds is 2. The van der Waals surface area contributed by atoms with E-state index in [2.05, 4.69) is 0 Å². The quantitative estimate of drug-likeness (QED) is 0.753. The number of nitrogens with one attached hydrogen (secondary N) is 1. The molecule has 0 saturated carbocycles. The number of carboxylic acid groups (broad SMARTS) is 1. The number of aromatic hydroxyl groups is 1. The van der Waals surface area contributed by atoms with Gasteiger partial charge in [0.25, 0.3) is 5.56 Å². The van der Waals surface area contributed by atoms with Crippen LogP contribution >= 0.6 is 0 Å². The van der Waals surface area contributed by atoms with Crippen molar-refractivity contribution in [3.05, 3.63) is 62.7 Å². The first-order valence-electron chi connectivity index (χ1n) is 7.03. The number of nitrogens with zero attached hydrogens (tertiary/aromatic N) is 1. The Kier molecular flexibility index (Phi) is 5.48. The lowest BCUT2D eigenvalue weighted by molar-refractivity contribution is 0.0517. The normalized spacial score (nSPS) is 16.3. The summed E-state index contributed by atoms with van der Waals surface area (Å²) in [6.45, 7) is 0.553. The van der Waals surface area contributed by atoms with Crippen LogP contribution in [0.15, 0.2) is 40.1 Å². The van der Waals surface area contributed by atoms with E-state index in [1.54, 1.807) is 0 Å². The third-order valence-electron chi connectivity index (χ3n) is 3.25. The van der Waals surface area contributed by atoms with Gasteiger partial charge >= 0.3 is 11.7 Å². The average molecular weight is 338 g/mol. The number of benzene rings is 1. The minimum Gasteiger partial charge on any atom is -0.508 e. The largest absolute Gasteiger partial charge is 0.508 e. The lowest BCUT2D eigenvalue weighted by atomic mass is 10.2. The Morgan fingerprint density at radius 2 is 1.96 bits per heavy atom. The molecule has 24 heavy (non-hydrogen) atoms. The van der Waals surface area contributed by atoms with Gasteiger partial charge in [-0.2, -0.15) is 4.39 Å². The summed E-state index contributed by atoms with van der Waals surface area (Å²) in [7, 11) is 0. The number of aromatic nitrogens is 2. The molecule has 128 valence electrons. The Labute approximate surface area is 134 Å². The van der Waals surface area contributed by atoms with Crippen molar-refractivity contribution >= 4 is 5.97 Å². The second-order valence-corrected chi connectivity index (χ2v) is 4.96. The summed E-state index contributed by atoms with van der Waals surface area (Å²) in [6, 6.07) is 5.36. The van der Waals surface area contributed by atoms with E-state index in [1.165, 1.54) is 24.3 Å². The molecule has 2 heterocycles. The zero-order valence-electron chi connectivity index (χ0n) is 12.4. The van der Waals surface area contributed by atoms with E-state index in [0.29, 0.717) is 13.0 Å². The lowest BCUT2D eigenvalue weighted by Crippen LogP contribution is -2.33. The van der Waals surface area contributed by atoms with Crippen molar-refractivity contribution in [3.63, 3.8) is 0 Å². The fourth-order valence-electron chi connectivity index (χ4n) is 2.06. The molecule has 3 rings (SSSR count). The molecule has 2 aromatic rings. The first-order valence-corrected chi connectivity index (χ1v) is 7.03. The standard InChI is InChI=1S/C8H9FN2O3.C7H6O3/c9-5-4-11(6-2-1-3-14-6)8(13)10-7(5)12;8-6-3-1-5(2-4-6)7(9)10/h4,6H,1-3H2,(H,10,12,13);1-4,8H,(H,9,10)/t6-;/m1./s1. The summed E-state index contributed by atoms with van der Waals surface area (Å²) in [6.07, 6.45) is 1.93. The second-order valence-electron chi connectivity index (χ2n) is 4.96. The molecule has 3 N–H and O–H groups in total. The maximum atomic E-state index is 12.9. The van der Waals surface area contributed by atoms with Gasteiger partial charge in [0.05, 0.1) is 11.8 Å². The molecule has 8 nitrogen and oxygen atoms in total. The monoisotopic (exact) mass is 338 g/mol. The van der Waals surface area contributed by atoms with E-state index >= 15 is 0 Å².